The molecule has 1 saturated carbocycles. The summed E-state index contributed by atoms with van der Waals surface area (Å²) in [6.07, 6.45) is 8.27. The van der Waals surface area contributed by atoms with E-state index in [4.69, 9.17) is 5.73 Å². The molecule has 1 aromatic carbocycles. The number of nitrogens with one attached hydrogen (secondary N) is 1. The minimum Gasteiger partial charge on any atom is -0.339 e. The fraction of sp³-hybridized carbons (Fsp3) is 0.652. The van der Waals surface area contributed by atoms with Crippen molar-refractivity contribution in [1.82, 2.24) is 4.90 Å². The first-order valence-corrected chi connectivity index (χ1v) is 10.8. The topological polar surface area (TPSA) is 75.4 Å². The van der Waals surface area contributed by atoms with E-state index in [0.29, 0.717) is 24.4 Å². The van der Waals surface area contributed by atoms with E-state index in [-0.39, 0.29) is 29.6 Å². The molecular weight excluding hydrogens is 386 g/mol. The Morgan fingerprint density at radius 2 is 1.83 bits per heavy atom. The average Bonchev–Trinajstić information content (AvgIpc) is 2.70. The summed E-state index contributed by atoms with van der Waals surface area (Å²) in [7, 11) is 0. The summed E-state index contributed by atoms with van der Waals surface area (Å²) in [5, 5.41) is 3.05. The van der Waals surface area contributed by atoms with Gasteiger partial charge in [0.05, 0.1) is 0 Å². The fourth-order valence-corrected chi connectivity index (χ4v) is 4.62. The maximum absolute atomic E-state index is 12.8. The number of amides is 2. The molecule has 0 spiro atoms. The number of rotatable bonds is 5. The van der Waals surface area contributed by atoms with Gasteiger partial charge >= 0.3 is 0 Å². The molecule has 0 atom stereocenters. The predicted octanol–water partition coefficient (Wildman–Crippen LogP) is 4.53. The number of piperidine rings is 1. The highest BCUT2D eigenvalue weighted by atomic mass is 35.5. The van der Waals surface area contributed by atoms with Gasteiger partial charge in [0.25, 0.3) is 5.91 Å². The lowest BCUT2D eigenvalue weighted by Crippen LogP contribution is -2.38. The maximum Gasteiger partial charge on any atom is 0.253 e. The average molecular weight is 422 g/mol. The second kappa shape index (κ2) is 10.4. The van der Waals surface area contributed by atoms with Crippen molar-refractivity contribution in [1.29, 1.82) is 0 Å². The Labute approximate surface area is 181 Å². The van der Waals surface area contributed by atoms with Gasteiger partial charge in [-0.15, -0.1) is 12.4 Å². The molecule has 0 radical (unpaired) electrons. The second-order valence-electron chi connectivity index (χ2n) is 8.99. The van der Waals surface area contributed by atoms with Crippen molar-refractivity contribution in [2.45, 2.75) is 65.2 Å². The van der Waals surface area contributed by atoms with Crippen LogP contribution in [0.4, 0.5) is 5.69 Å². The lowest BCUT2D eigenvalue weighted by atomic mass is 9.71. The monoisotopic (exact) mass is 421 g/mol. The highest BCUT2D eigenvalue weighted by Crippen LogP contribution is 2.38. The summed E-state index contributed by atoms with van der Waals surface area (Å²) >= 11 is 0. The van der Waals surface area contributed by atoms with Crippen LogP contribution in [0.3, 0.4) is 0 Å². The third kappa shape index (κ3) is 5.95. The second-order valence-corrected chi connectivity index (χ2v) is 8.99. The van der Waals surface area contributed by atoms with Crippen molar-refractivity contribution in [2.24, 2.45) is 17.1 Å². The molecular formula is C23H36ClN3O2. The van der Waals surface area contributed by atoms with Crippen molar-refractivity contribution in [3.63, 3.8) is 0 Å². The third-order valence-electron chi connectivity index (χ3n) is 6.70. The summed E-state index contributed by atoms with van der Waals surface area (Å²) in [4.78, 5) is 27.4. The van der Waals surface area contributed by atoms with Crippen LogP contribution >= 0.6 is 12.4 Å². The zero-order valence-electron chi connectivity index (χ0n) is 17.8. The number of aryl methyl sites for hydroxylation is 1. The quantitative estimate of drug-likeness (QED) is 0.733. The van der Waals surface area contributed by atoms with Crippen LogP contribution in [0.1, 0.15) is 74.2 Å². The van der Waals surface area contributed by atoms with Gasteiger partial charge in [0.1, 0.15) is 0 Å². The van der Waals surface area contributed by atoms with E-state index < -0.39 is 0 Å². The Kier molecular flexibility index (Phi) is 8.53. The van der Waals surface area contributed by atoms with Gasteiger partial charge in [-0.3, -0.25) is 9.59 Å². The minimum absolute atomic E-state index is 0. The summed E-state index contributed by atoms with van der Waals surface area (Å²) in [5.74, 6) is 0.820. The molecule has 1 aromatic rings. The van der Waals surface area contributed by atoms with Crippen LogP contribution in [0, 0.1) is 18.3 Å². The van der Waals surface area contributed by atoms with Gasteiger partial charge in [-0.25, -0.2) is 0 Å². The van der Waals surface area contributed by atoms with Crippen LogP contribution in [-0.4, -0.2) is 36.3 Å². The maximum atomic E-state index is 12.8. The van der Waals surface area contributed by atoms with E-state index in [1.807, 2.05) is 30.0 Å². The number of anilines is 1. The van der Waals surface area contributed by atoms with Gasteiger partial charge in [0, 0.05) is 30.8 Å². The van der Waals surface area contributed by atoms with Crippen LogP contribution in [0.2, 0.25) is 0 Å². The summed E-state index contributed by atoms with van der Waals surface area (Å²) in [5.41, 5.74) is 8.40. The Hall–Kier alpha value is -1.59. The molecule has 1 heterocycles. The summed E-state index contributed by atoms with van der Waals surface area (Å²) in [6, 6.07) is 5.60. The molecule has 1 aliphatic carbocycles. The Bertz CT molecular complexity index is 708. The van der Waals surface area contributed by atoms with Gasteiger partial charge in [0.2, 0.25) is 5.91 Å². The van der Waals surface area contributed by atoms with Gasteiger partial charge in [-0.1, -0.05) is 26.2 Å². The first-order valence-electron chi connectivity index (χ1n) is 10.8. The van der Waals surface area contributed by atoms with Crippen LogP contribution < -0.4 is 11.1 Å². The molecule has 2 aliphatic rings. The fourth-order valence-electron chi connectivity index (χ4n) is 4.62. The number of likely N-dealkylation sites (tertiary alicyclic amines) is 1. The molecule has 0 aromatic heterocycles. The number of hydrogen-bond donors (Lipinski definition) is 2. The predicted molar refractivity (Wildman–Crippen MR) is 121 cm³/mol. The number of hydrogen-bond acceptors (Lipinski definition) is 3. The molecule has 3 rings (SSSR count). The summed E-state index contributed by atoms with van der Waals surface area (Å²) < 4.78 is 0. The van der Waals surface area contributed by atoms with E-state index in [9.17, 15) is 9.59 Å². The van der Waals surface area contributed by atoms with E-state index in [2.05, 4.69) is 12.2 Å². The molecule has 2 fully saturated rings. The first-order chi connectivity index (χ1) is 13.4. The number of benzene rings is 1. The van der Waals surface area contributed by atoms with Crippen LogP contribution in [0.25, 0.3) is 0 Å². The van der Waals surface area contributed by atoms with Crippen molar-refractivity contribution in [2.75, 3.05) is 25.0 Å². The Balaban J connectivity index is 0.00000300. The lowest BCUT2D eigenvalue weighted by molar-refractivity contribution is -0.118. The van der Waals surface area contributed by atoms with Crippen LogP contribution in [0.15, 0.2) is 18.2 Å². The van der Waals surface area contributed by atoms with Crippen molar-refractivity contribution < 1.29 is 9.59 Å². The van der Waals surface area contributed by atoms with Crippen LogP contribution in [-0.2, 0) is 4.79 Å². The van der Waals surface area contributed by atoms with Gasteiger partial charge < -0.3 is 16.0 Å². The number of nitrogens with two attached hydrogens (primary N) is 1. The standard InChI is InChI=1S/C23H35N3O2.ClH/c1-17-8-12-26(13-9-17)22(28)19-6-7-20(18(2)14-19)25-21(27)15-23(16-24)10-4-3-5-11-23;/h6-7,14,17H,3-5,8-13,15-16,24H2,1-2H3,(H,25,27);1H. The van der Waals surface area contributed by atoms with Gasteiger partial charge in [-0.05, 0) is 74.2 Å². The number of nitrogens with zero attached hydrogens (tertiary/aromatic N) is 1. The third-order valence-corrected chi connectivity index (χ3v) is 6.70. The van der Waals surface area contributed by atoms with Crippen molar-refractivity contribution in [3.8, 4) is 0 Å². The molecule has 162 valence electrons. The number of halogens is 1. The molecule has 6 heteroatoms. The highest BCUT2D eigenvalue weighted by molar-refractivity contribution is 5.96. The van der Waals surface area contributed by atoms with Gasteiger partial charge in [0.15, 0.2) is 0 Å². The lowest BCUT2D eigenvalue weighted by Gasteiger charge is -2.35. The number of carbonyl (C=O) groups excluding carboxylic acids is 2. The number of carbonyl (C=O) groups is 2. The minimum atomic E-state index is -0.0441. The molecule has 3 N–H and O–H groups in total. The van der Waals surface area contributed by atoms with E-state index in [0.717, 1.165) is 62.9 Å². The van der Waals surface area contributed by atoms with Crippen molar-refractivity contribution >= 4 is 29.9 Å². The largest absolute Gasteiger partial charge is 0.339 e. The molecule has 1 aliphatic heterocycles. The SMILES string of the molecule is Cc1cc(C(=O)N2CCC(C)CC2)ccc1NC(=O)CC1(CN)CCCCC1.Cl. The van der Waals surface area contributed by atoms with Gasteiger partial charge in [-0.2, -0.15) is 0 Å². The molecule has 5 nitrogen and oxygen atoms in total. The highest BCUT2D eigenvalue weighted by Gasteiger charge is 2.33. The molecule has 0 unspecified atom stereocenters. The Morgan fingerprint density at radius 1 is 1.17 bits per heavy atom. The first kappa shape index (κ1) is 23.7. The molecule has 0 bridgehead atoms. The molecule has 29 heavy (non-hydrogen) atoms. The zero-order valence-corrected chi connectivity index (χ0v) is 18.7. The van der Waals surface area contributed by atoms with E-state index >= 15 is 0 Å². The Morgan fingerprint density at radius 3 is 2.41 bits per heavy atom. The molecule has 2 amide bonds. The van der Waals surface area contributed by atoms with Crippen LogP contribution in [0.5, 0.6) is 0 Å². The van der Waals surface area contributed by atoms with Crippen molar-refractivity contribution in [3.05, 3.63) is 29.3 Å². The normalized spacial score (nSPS) is 19.3. The molecule has 1 saturated heterocycles. The smallest absolute Gasteiger partial charge is 0.253 e. The van der Waals surface area contributed by atoms with E-state index in [1.165, 1.54) is 6.42 Å². The van der Waals surface area contributed by atoms with E-state index in [1.54, 1.807) is 0 Å². The zero-order chi connectivity index (χ0) is 20.1. The summed E-state index contributed by atoms with van der Waals surface area (Å²) in [6.45, 7) is 6.42.